The summed E-state index contributed by atoms with van der Waals surface area (Å²) in [6, 6.07) is 0. The van der Waals surface area contributed by atoms with Gasteiger partial charge in [-0.2, -0.15) is 0 Å². The van der Waals surface area contributed by atoms with Gasteiger partial charge in [-0.15, -0.1) is 0 Å². The lowest BCUT2D eigenvalue weighted by molar-refractivity contribution is -0.138. The maximum Gasteiger partial charge on any atom is 0.303 e. The Bertz CT molecular complexity index is 155. The van der Waals surface area contributed by atoms with Crippen molar-refractivity contribution in [1.29, 1.82) is 0 Å². The lowest BCUT2D eigenvalue weighted by Crippen LogP contribution is -2.18. The van der Waals surface area contributed by atoms with E-state index in [1.807, 2.05) is 0 Å². The maximum absolute atomic E-state index is 10.4. The third-order valence-corrected chi connectivity index (χ3v) is 2.48. The minimum Gasteiger partial charge on any atom is -0.481 e. The van der Waals surface area contributed by atoms with Crippen LogP contribution in [0.4, 0.5) is 0 Å². The number of aliphatic carboxylic acids is 1. The summed E-state index contributed by atoms with van der Waals surface area (Å²) >= 11 is 0. The molecule has 1 unspecified atom stereocenters. The number of carboxylic acids is 1. The molecule has 0 bridgehead atoms. The van der Waals surface area contributed by atoms with Gasteiger partial charge in [0.2, 0.25) is 0 Å². The first-order valence-corrected chi connectivity index (χ1v) is 4.64. The van der Waals surface area contributed by atoms with Gasteiger partial charge in [0, 0.05) is 6.42 Å². The summed E-state index contributed by atoms with van der Waals surface area (Å²) in [7, 11) is 0. The molecule has 1 aliphatic rings. The van der Waals surface area contributed by atoms with Crippen LogP contribution in [0, 0.1) is 11.8 Å². The zero-order valence-electron chi connectivity index (χ0n) is 7.33. The van der Waals surface area contributed by atoms with E-state index in [-0.39, 0.29) is 12.3 Å². The fraction of sp³-hybridized carbons (Fsp3) is 0.889. The third kappa shape index (κ3) is 3.72. The topological polar surface area (TPSA) is 63.3 Å². The van der Waals surface area contributed by atoms with E-state index in [9.17, 15) is 4.79 Å². The van der Waals surface area contributed by atoms with Crippen molar-refractivity contribution in [3.05, 3.63) is 0 Å². The molecule has 0 aromatic heterocycles. The fourth-order valence-corrected chi connectivity index (χ4v) is 1.43. The molecule has 1 fully saturated rings. The van der Waals surface area contributed by atoms with E-state index in [0.717, 1.165) is 12.3 Å². The molecular formula is C9H17NO2. The number of rotatable bonds is 6. The molecule has 0 heterocycles. The van der Waals surface area contributed by atoms with Crippen LogP contribution in [-0.4, -0.2) is 17.6 Å². The van der Waals surface area contributed by atoms with E-state index in [1.54, 1.807) is 0 Å². The second-order valence-electron chi connectivity index (χ2n) is 3.72. The van der Waals surface area contributed by atoms with Crippen LogP contribution in [0.3, 0.4) is 0 Å². The van der Waals surface area contributed by atoms with Gasteiger partial charge in [-0.05, 0) is 24.8 Å². The number of hydrogen-bond acceptors (Lipinski definition) is 2. The summed E-state index contributed by atoms with van der Waals surface area (Å²) in [4.78, 5) is 10.4. The van der Waals surface area contributed by atoms with Gasteiger partial charge in [0.05, 0.1) is 0 Å². The summed E-state index contributed by atoms with van der Waals surface area (Å²) in [6.45, 7) is 0.513. The Labute approximate surface area is 72.9 Å². The molecule has 12 heavy (non-hydrogen) atoms. The molecule has 0 aromatic rings. The van der Waals surface area contributed by atoms with Gasteiger partial charge in [-0.1, -0.05) is 19.3 Å². The summed E-state index contributed by atoms with van der Waals surface area (Å²) in [5.74, 6) is 0.359. The van der Waals surface area contributed by atoms with Crippen LogP contribution in [0.2, 0.25) is 0 Å². The average Bonchev–Trinajstić information content (AvgIpc) is 2.80. The minimum atomic E-state index is -0.721. The highest BCUT2D eigenvalue weighted by Gasteiger charge is 2.22. The van der Waals surface area contributed by atoms with E-state index in [4.69, 9.17) is 10.8 Å². The Hall–Kier alpha value is -0.570. The van der Waals surface area contributed by atoms with E-state index < -0.39 is 5.97 Å². The van der Waals surface area contributed by atoms with Crippen molar-refractivity contribution in [2.45, 2.75) is 32.1 Å². The molecule has 0 aliphatic heterocycles. The molecule has 0 spiro atoms. The highest BCUT2D eigenvalue weighted by atomic mass is 16.4. The van der Waals surface area contributed by atoms with Crippen molar-refractivity contribution in [1.82, 2.24) is 0 Å². The predicted octanol–water partition coefficient (Wildman–Crippen LogP) is 1.23. The summed E-state index contributed by atoms with van der Waals surface area (Å²) in [5, 5.41) is 8.54. The van der Waals surface area contributed by atoms with Crippen LogP contribution >= 0.6 is 0 Å². The minimum absolute atomic E-state index is 0.197. The number of carbonyl (C=O) groups is 1. The maximum atomic E-state index is 10.4. The van der Waals surface area contributed by atoms with Crippen molar-refractivity contribution in [3.8, 4) is 0 Å². The van der Waals surface area contributed by atoms with Crippen molar-refractivity contribution < 1.29 is 9.90 Å². The average molecular weight is 171 g/mol. The van der Waals surface area contributed by atoms with Crippen LogP contribution in [0.25, 0.3) is 0 Å². The standard InChI is InChI=1S/C9H17NO2/c10-6-8(5-9(11)12)4-3-7-1-2-7/h7-8H,1-6,10H2,(H,11,12). The van der Waals surface area contributed by atoms with E-state index in [2.05, 4.69) is 0 Å². The molecule has 0 saturated heterocycles. The molecule has 3 heteroatoms. The summed E-state index contributed by atoms with van der Waals surface area (Å²) in [6.07, 6.45) is 5.08. The molecular weight excluding hydrogens is 154 g/mol. The van der Waals surface area contributed by atoms with E-state index >= 15 is 0 Å². The third-order valence-electron chi connectivity index (χ3n) is 2.48. The van der Waals surface area contributed by atoms with Crippen LogP contribution in [-0.2, 0) is 4.79 Å². The van der Waals surface area contributed by atoms with E-state index in [0.29, 0.717) is 6.54 Å². The van der Waals surface area contributed by atoms with Gasteiger partial charge < -0.3 is 10.8 Å². The SMILES string of the molecule is NCC(CCC1CC1)CC(=O)O. The Morgan fingerprint density at radius 1 is 1.58 bits per heavy atom. The Balaban J connectivity index is 2.10. The molecule has 0 radical (unpaired) electrons. The van der Waals surface area contributed by atoms with Crippen LogP contribution in [0.1, 0.15) is 32.1 Å². The van der Waals surface area contributed by atoms with Gasteiger partial charge in [0.15, 0.2) is 0 Å². The Morgan fingerprint density at radius 3 is 2.67 bits per heavy atom. The highest BCUT2D eigenvalue weighted by molar-refractivity contribution is 5.67. The fourth-order valence-electron chi connectivity index (χ4n) is 1.43. The van der Waals surface area contributed by atoms with Gasteiger partial charge in [-0.25, -0.2) is 0 Å². The summed E-state index contributed by atoms with van der Waals surface area (Å²) in [5.41, 5.74) is 5.46. The number of carboxylic acid groups (broad SMARTS) is 1. The number of nitrogens with two attached hydrogens (primary N) is 1. The van der Waals surface area contributed by atoms with Crippen molar-refractivity contribution in [3.63, 3.8) is 0 Å². The van der Waals surface area contributed by atoms with Crippen molar-refractivity contribution in [2.75, 3.05) is 6.54 Å². The summed E-state index contributed by atoms with van der Waals surface area (Å²) < 4.78 is 0. The first-order valence-electron chi connectivity index (χ1n) is 4.64. The van der Waals surface area contributed by atoms with Gasteiger partial charge in [-0.3, -0.25) is 4.79 Å². The normalized spacial score (nSPS) is 19.1. The van der Waals surface area contributed by atoms with Gasteiger partial charge in [0.25, 0.3) is 0 Å². The highest BCUT2D eigenvalue weighted by Crippen LogP contribution is 2.34. The van der Waals surface area contributed by atoms with Crippen molar-refractivity contribution in [2.24, 2.45) is 17.6 Å². The number of hydrogen-bond donors (Lipinski definition) is 2. The van der Waals surface area contributed by atoms with Crippen LogP contribution in [0.15, 0.2) is 0 Å². The van der Waals surface area contributed by atoms with Gasteiger partial charge >= 0.3 is 5.97 Å². The quantitative estimate of drug-likeness (QED) is 0.631. The zero-order chi connectivity index (χ0) is 8.97. The molecule has 0 amide bonds. The van der Waals surface area contributed by atoms with Gasteiger partial charge in [0.1, 0.15) is 0 Å². The molecule has 1 saturated carbocycles. The second-order valence-corrected chi connectivity index (χ2v) is 3.72. The first-order chi connectivity index (χ1) is 5.72. The monoisotopic (exact) mass is 171 g/mol. The Morgan fingerprint density at radius 2 is 2.25 bits per heavy atom. The first kappa shape index (κ1) is 9.52. The largest absolute Gasteiger partial charge is 0.481 e. The van der Waals surface area contributed by atoms with E-state index in [1.165, 1.54) is 19.3 Å². The van der Waals surface area contributed by atoms with Crippen LogP contribution < -0.4 is 5.73 Å². The predicted molar refractivity (Wildman–Crippen MR) is 46.8 cm³/mol. The van der Waals surface area contributed by atoms with Crippen molar-refractivity contribution >= 4 is 5.97 Å². The lowest BCUT2D eigenvalue weighted by atomic mass is 9.98. The second kappa shape index (κ2) is 4.45. The smallest absolute Gasteiger partial charge is 0.303 e. The molecule has 3 N–H and O–H groups in total. The molecule has 1 atom stereocenters. The van der Waals surface area contributed by atoms with Crippen LogP contribution in [0.5, 0.6) is 0 Å². The Kier molecular flexibility index (Phi) is 3.53. The molecule has 3 nitrogen and oxygen atoms in total. The zero-order valence-corrected chi connectivity index (χ0v) is 7.33. The molecule has 70 valence electrons. The molecule has 0 aromatic carbocycles. The molecule has 1 aliphatic carbocycles. The lowest BCUT2D eigenvalue weighted by Gasteiger charge is -2.10. The molecule has 1 rings (SSSR count).